The Labute approximate surface area is 96.9 Å². The van der Waals surface area contributed by atoms with Crippen LogP contribution in [0.4, 0.5) is 0 Å². The van der Waals surface area contributed by atoms with Crippen molar-refractivity contribution in [3.8, 4) is 5.75 Å². The van der Waals surface area contributed by atoms with E-state index in [0.717, 1.165) is 30.6 Å². The quantitative estimate of drug-likeness (QED) is 0.818. The summed E-state index contributed by atoms with van der Waals surface area (Å²) in [5, 5.41) is 12.6. The maximum Gasteiger partial charge on any atom is 0.133 e. The highest BCUT2D eigenvalue weighted by Gasteiger charge is 2.22. The molecule has 0 radical (unpaired) electrons. The van der Waals surface area contributed by atoms with Crippen LogP contribution in [-0.2, 0) is 6.54 Å². The van der Waals surface area contributed by atoms with E-state index in [-0.39, 0.29) is 5.75 Å². The molecule has 1 aromatic rings. The maximum absolute atomic E-state index is 9.11. The Morgan fingerprint density at radius 2 is 2.31 bits per heavy atom. The Morgan fingerprint density at radius 3 is 2.94 bits per heavy atom. The van der Waals surface area contributed by atoms with Gasteiger partial charge in [-0.1, -0.05) is 19.8 Å². The molecule has 1 aliphatic rings. The van der Waals surface area contributed by atoms with Crippen LogP contribution in [0.5, 0.6) is 5.75 Å². The predicted octanol–water partition coefficient (Wildman–Crippen LogP) is 2.31. The molecule has 0 aromatic carbocycles. The number of aromatic hydroxyl groups is 1. The fourth-order valence-electron chi connectivity index (χ4n) is 2.43. The zero-order valence-electron chi connectivity index (χ0n) is 9.82. The summed E-state index contributed by atoms with van der Waals surface area (Å²) in [6.45, 7) is 4.23. The number of nitrogens with one attached hydrogen (secondary N) is 1. The van der Waals surface area contributed by atoms with Gasteiger partial charge in [0.05, 0.1) is 11.9 Å². The van der Waals surface area contributed by atoms with Gasteiger partial charge in [0.25, 0.3) is 0 Å². The van der Waals surface area contributed by atoms with Crippen molar-refractivity contribution in [2.24, 2.45) is 11.8 Å². The molecule has 0 spiro atoms. The summed E-state index contributed by atoms with van der Waals surface area (Å²) in [6.07, 6.45) is 5.61. The molecule has 0 aliphatic heterocycles. The summed E-state index contributed by atoms with van der Waals surface area (Å²) in [5.74, 6) is 1.92. The summed E-state index contributed by atoms with van der Waals surface area (Å²) in [7, 11) is 0. The monoisotopic (exact) mass is 220 g/mol. The largest absolute Gasteiger partial charge is 0.506 e. The summed E-state index contributed by atoms with van der Waals surface area (Å²) in [4.78, 5) is 4.15. The third-order valence-corrected chi connectivity index (χ3v) is 3.56. The highest BCUT2D eigenvalue weighted by Crippen LogP contribution is 2.30. The van der Waals surface area contributed by atoms with Gasteiger partial charge < -0.3 is 10.4 Å². The first-order valence-electron chi connectivity index (χ1n) is 6.10. The summed E-state index contributed by atoms with van der Waals surface area (Å²) in [6, 6.07) is 3.54. The minimum absolute atomic E-state index is 0.230. The minimum atomic E-state index is 0.230. The Balaban J connectivity index is 1.73. The second-order valence-corrected chi connectivity index (χ2v) is 4.81. The molecule has 1 heterocycles. The van der Waals surface area contributed by atoms with Crippen molar-refractivity contribution in [3.05, 3.63) is 24.0 Å². The third-order valence-electron chi connectivity index (χ3n) is 3.56. The van der Waals surface area contributed by atoms with Crippen molar-refractivity contribution in [1.29, 1.82) is 0 Å². The first-order chi connectivity index (χ1) is 7.75. The molecule has 1 fully saturated rings. The Kier molecular flexibility index (Phi) is 3.78. The third kappa shape index (κ3) is 2.95. The Bertz CT molecular complexity index is 323. The zero-order chi connectivity index (χ0) is 11.4. The average Bonchev–Trinajstić information content (AvgIpc) is 2.68. The first kappa shape index (κ1) is 11.4. The molecule has 2 rings (SSSR count). The number of hydrogen-bond donors (Lipinski definition) is 2. The van der Waals surface area contributed by atoms with Crippen molar-refractivity contribution in [2.45, 2.75) is 32.7 Å². The fourth-order valence-corrected chi connectivity index (χ4v) is 2.43. The molecule has 3 nitrogen and oxygen atoms in total. The van der Waals surface area contributed by atoms with Gasteiger partial charge in [-0.15, -0.1) is 0 Å². The van der Waals surface area contributed by atoms with Gasteiger partial charge in [-0.3, -0.25) is 4.98 Å². The van der Waals surface area contributed by atoms with Crippen molar-refractivity contribution in [3.63, 3.8) is 0 Å². The van der Waals surface area contributed by atoms with Crippen LogP contribution in [-0.4, -0.2) is 16.6 Å². The van der Waals surface area contributed by atoms with E-state index in [2.05, 4.69) is 17.2 Å². The van der Waals surface area contributed by atoms with E-state index in [0.29, 0.717) is 0 Å². The van der Waals surface area contributed by atoms with E-state index >= 15 is 0 Å². The van der Waals surface area contributed by atoms with Gasteiger partial charge in [-0.25, -0.2) is 0 Å². The molecule has 1 aliphatic carbocycles. The number of nitrogens with zero attached hydrogens (tertiary/aromatic N) is 1. The van der Waals surface area contributed by atoms with Crippen LogP contribution in [0.1, 0.15) is 31.9 Å². The molecule has 2 unspecified atom stereocenters. The molecule has 0 bridgehead atoms. The molecule has 88 valence electrons. The predicted molar refractivity (Wildman–Crippen MR) is 64.1 cm³/mol. The highest BCUT2D eigenvalue weighted by atomic mass is 16.3. The van der Waals surface area contributed by atoms with Crippen LogP contribution in [0.2, 0.25) is 0 Å². The number of rotatable bonds is 4. The van der Waals surface area contributed by atoms with E-state index < -0.39 is 0 Å². The zero-order valence-corrected chi connectivity index (χ0v) is 9.82. The Hall–Kier alpha value is -1.09. The summed E-state index contributed by atoms with van der Waals surface area (Å²) < 4.78 is 0. The molecule has 1 saturated carbocycles. The van der Waals surface area contributed by atoms with Crippen molar-refractivity contribution in [1.82, 2.24) is 10.3 Å². The molecule has 16 heavy (non-hydrogen) atoms. The molecule has 2 atom stereocenters. The van der Waals surface area contributed by atoms with Crippen LogP contribution >= 0.6 is 0 Å². The van der Waals surface area contributed by atoms with Crippen molar-refractivity contribution < 1.29 is 5.11 Å². The molecule has 3 heteroatoms. The van der Waals surface area contributed by atoms with Crippen LogP contribution in [0.15, 0.2) is 18.3 Å². The second-order valence-electron chi connectivity index (χ2n) is 4.81. The minimum Gasteiger partial charge on any atom is -0.506 e. The number of hydrogen-bond acceptors (Lipinski definition) is 3. The second kappa shape index (κ2) is 5.30. The highest BCUT2D eigenvalue weighted by molar-refractivity contribution is 5.17. The molecule has 0 saturated heterocycles. The lowest BCUT2D eigenvalue weighted by atomic mass is 9.98. The number of aromatic nitrogens is 1. The first-order valence-corrected chi connectivity index (χ1v) is 6.10. The van der Waals surface area contributed by atoms with E-state index in [9.17, 15) is 0 Å². The summed E-state index contributed by atoms with van der Waals surface area (Å²) in [5.41, 5.74) is 0.989. The van der Waals surface area contributed by atoms with E-state index in [4.69, 9.17) is 5.11 Å². The van der Waals surface area contributed by atoms with Crippen molar-refractivity contribution >= 4 is 0 Å². The maximum atomic E-state index is 9.11. The molecule has 1 aromatic heterocycles. The van der Waals surface area contributed by atoms with Crippen LogP contribution < -0.4 is 5.32 Å². The lowest BCUT2D eigenvalue weighted by Crippen LogP contribution is -2.24. The van der Waals surface area contributed by atoms with Crippen LogP contribution in [0.25, 0.3) is 0 Å². The lowest BCUT2D eigenvalue weighted by Gasteiger charge is -2.15. The van der Waals surface area contributed by atoms with Gasteiger partial charge in [-0.2, -0.15) is 0 Å². The number of pyridine rings is 1. The van der Waals surface area contributed by atoms with Crippen molar-refractivity contribution in [2.75, 3.05) is 6.54 Å². The normalized spacial score (nSPS) is 24.8. The van der Waals surface area contributed by atoms with E-state index in [1.165, 1.54) is 25.5 Å². The molecular weight excluding hydrogens is 200 g/mol. The molecular formula is C13H20N2O. The fraction of sp³-hybridized carbons (Fsp3) is 0.615. The average molecular weight is 220 g/mol. The lowest BCUT2D eigenvalue weighted by molar-refractivity contribution is 0.391. The van der Waals surface area contributed by atoms with Crippen LogP contribution in [0, 0.1) is 11.8 Å². The van der Waals surface area contributed by atoms with Gasteiger partial charge in [0.15, 0.2) is 0 Å². The van der Waals surface area contributed by atoms with E-state index in [1.54, 1.807) is 6.07 Å². The smallest absolute Gasteiger partial charge is 0.133 e. The standard InChI is InChI=1S/C13H20N2O/c1-10-3-2-4-11(10)7-14-8-12-5-6-13(16)9-15-12/h5-6,9-11,14,16H,2-4,7-8H2,1H3. The SMILES string of the molecule is CC1CCCC1CNCc1ccc(O)cn1. The van der Waals surface area contributed by atoms with Gasteiger partial charge in [-0.05, 0) is 36.9 Å². The van der Waals surface area contributed by atoms with Gasteiger partial charge in [0, 0.05) is 6.54 Å². The molecule has 0 amide bonds. The summed E-state index contributed by atoms with van der Waals surface area (Å²) >= 11 is 0. The molecule has 2 N–H and O–H groups in total. The topological polar surface area (TPSA) is 45.1 Å². The Morgan fingerprint density at radius 1 is 1.44 bits per heavy atom. The van der Waals surface area contributed by atoms with Gasteiger partial charge in [0.2, 0.25) is 0 Å². The van der Waals surface area contributed by atoms with Crippen LogP contribution in [0.3, 0.4) is 0 Å². The van der Waals surface area contributed by atoms with E-state index in [1.807, 2.05) is 6.07 Å². The van der Waals surface area contributed by atoms with Gasteiger partial charge in [0.1, 0.15) is 5.75 Å². The van der Waals surface area contributed by atoms with Gasteiger partial charge >= 0.3 is 0 Å².